The molecule has 1 aliphatic rings. The highest BCUT2D eigenvalue weighted by atomic mass is 16.3. The number of piperazine rings is 1. The summed E-state index contributed by atoms with van der Waals surface area (Å²) in [5.74, 6) is 1.03. The van der Waals surface area contributed by atoms with E-state index in [1.807, 2.05) is 24.0 Å². The zero-order valence-electron chi connectivity index (χ0n) is 11.1. The number of hydrogen-bond acceptors (Lipinski definition) is 4. The molecule has 1 fully saturated rings. The lowest BCUT2D eigenvalue weighted by Crippen LogP contribution is -2.49. The molecular weight excluding hydrogens is 230 g/mol. The summed E-state index contributed by atoms with van der Waals surface area (Å²) in [6.45, 7) is 5.93. The van der Waals surface area contributed by atoms with Crippen LogP contribution in [-0.4, -0.2) is 55.5 Å². The van der Waals surface area contributed by atoms with Gasteiger partial charge in [-0.15, -0.1) is 0 Å². The molecule has 1 amide bonds. The number of carbonyl (C=O) groups is 1. The number of carbonyl (C=O) groups excluding carboxylic acids is 1. The second-order valence-electron chi connectivity index (χ2n) is 4.80. The van der Waals surface area contributed by atoms with Gasteiger partial charge in [-0.1, -0.05) is 0 Å². The first-order valence-corrected chi connectivity index (χ1v) is 6.40. The molecule has 1 aromatic rings. The van der Waals surface area contributed by atoms with Crippen LogP contribution in [0.1, 0.15) is 18.7 Å². The van der Waals surface area contributed by atoms with Gasteiger partial charge < -0.3 is 14.2 Å². The molecule has 0 aromatic carbocycles. The van der Waals surface area contributed by atoms with E-state index in [1.54, 1.807) is 6.26 Å². The minimum atomic E-state index is 0.0661. The Morgan fingerprint density at radius 3 is 2.78 bits per heavy atom. The summed E-state index contributed by atoms with van der Waals surface area (Å²) in [5, 5.41) is 3.19. The Kier molecular flexibility index (Phi) is 4.38. The second kappa shape index (κ2) is 6.02. The molecule has 1 aromatic heterocycles. The summed E-state index contributed by atoms with van der Waals surface area (Å²) in [5.41, 5.74) is 0. The number of hydrogen-bond donors (Lipinski definition) is 1. The predicted molar refractivity (Wildman–Crippen MR) is 69.2 cm³/mol. The van der Waals surface area contributed by atoms with Crippen molar-refractivity contribution >= 4 is 5.91 Å². The molecule has 1 aliphatic heterocycles. The second-order valence-corrected chi connectivity index (χ2v) is 4.80. The van der Waals surface area contributed by atoms with Gasteiger partial charge in [0.05, 0.1) is 18.8 Å². The molecule has 0 radical (unpaired) electrons. The summed E-state index contributed by atoms with van der Waals surface area (Å²) >= 11 is 0. The van der Waals surface area contributed by atoms with E-state index in [9.17, 15) is 4.79 Å². The zero-order valence-corrected chi connectivity index (χ0v) is 11.1. The molecule has 1 unspecified atom stereocenters. The fraction of sp³-hybridized carbons (Fsp3) is 0.615. The first kappa shape index (κ1) is 13.1. The van der Waals surface area contributed by atoms with Crippen LogP contribution < -0.4 is 5.32 Å². The molecule has 1 saturated heterocycles. The van der Waals surface area contributed by atoms with Crippen LogP contribution in [0.5, 0.6) is 0 Å². The van der Waals surface area contributed by atoms with Crippen LogP contribution >= 0.6 is 0 Å². The van der Waals surface area contributed by atoms with Gasteiger partial charge in [-0.3, -0.25) is 10.1 Å². The molecule has 1 atom stereocenters. The Labute approximate surface area is 108 Å². The van der Waals surface area contributed by atoms with Gasteiger partial charge in [0.2, 0.25) is 5.91 Å². The highest BCUT2D eigenvalue weighted by molar-refractivity contribution is 5.78. The molecule has 18 heavy (non-hydrogen) atoms. The van der Waals surface area contributed by atoms with Gasteiger partial charge in [0.25, 0.3) is 0 Å². The fourth-order valence-corrected chi connectivity index (χ4v) is 2.05. The average Bonchev–Trinajstić information content (AvgIpc) is 2.90. The minimum absolute atomic E-state index is 0.0661. The van der Waals surface area contributed by atoms with Crippen LogP contribution in [0.4, 0.5) is 0 Å². The van der Waals surface area contributed by atoms with E-state index < -0.39 is 0 Å². The Balaban J connectivity index is 1.75. The fourth-order valence-electron chi connectivity index (χ4n) is 2.05. The number of likely N-dealkylation sites (N-methyl/N-ethyl adjacent to an activating group) is 1. The number of nitrogens with one attached hydrogen (secondary N) is 1. The number of rotatable bonds is 4. The van der Waals surface area contributed by atoms with Crippen LogP contribution in [0.3, 0.4) is 0 Å². The monoisotopic (exact) mass is 251 g/mol. The van der Waals surface area contributed by atoms with E-state index in [4.69, 9.17) is 4.42 Å². The summed E-state index contributed by atoms with van der Waals surface area (Å²) in [6, 6.07) is 3.84. The van der Waals surface area contributed by atoms with E-state index in [1.165, 1.54) is 0 Å². The van der Waals surface area contributed by atoms with E-state index in [0.29, 0.717) is 6.54 Å². The Hall–Kier alpha value is -1.33. The smallest absolute Gasteiger partial charge is 0.236 e. The van der Waals surface area contributed by atoms with Crippen molar-refractivity contribution < 1.29 is 9.21 Å². The minimum Gasteiger partial charge on any atom is -0.468 e. The lowest BCUT2D eigenvalue weighted by Gasteiger charge is -2.32. The van der Waals surface area contributed by atoms with Crippen molar-refractivity contribution in [2.45, 2.75) is 13.0 Å². The van der Waals surface area contributed by atoms with Crippen molar-refractivity contribution in [1.29, 1.82) is 0 Å². The lowest BCUT2D eigenvalue weighted by molar-refractivity contribution is -0.131. The quantitative estimate of drug-likeness (QED) is 0.856. The van der Waals surface area contributed by atoms with Crippen molar-refractivity contribution in [3.8, 4) is 0 Å². The molecule has 0 aliphatic carbocycles. The maximum Gasteiger partial charge on any atom is 0.236 e. The first-order valence-electron chi connectivity index (χ1n) is 6.40. The number of amides is 1. The van der Waals surface area contributed by atoms with E-state index in [0.717, 1.165) is 31.9 Å². The highest BCUT2D eigenvalue weighted by Crippen LogP contribution is 2.11. The van der Waals surface area contributed by atoms with Gasteiger partial charge in [0.1, 0.15) is 5.76 Å². The van der Waals surface area contributed by atoms with Crippen molar-refractivity contribution in [3.05, 3.63) is 24.2 Å². The van der Waals surface area contributed by atoms with Crippen LogP contribution in [-0.2, 0) is 4.79 Å². The van der Waals surface area contributed by atoms with Gasteiger partial charge in [-0.2, -0.15) is 0 Å². The van der Waals surface area contributed by atoms with Crippen molar-refractivity contribution in [3.63, 3.8) is 0 Å². The molecule has 5 nitrogen and oxygen atoms in total. The Morgan fingerprint density at radius 1 is 1.44 bits per heavy atom. The molecule has 100 valence electrons. The summed E-state index contributed by atoms with van der Waals surface area (Å²) in [7, 11) is 2.08. The third kappa shape index (κ3) is 3.34. The Bertz CT molecular complexity index is 370. The maximum atomic E-state index is 12.0. The van der Waals surface area contributed by atoms with Gasteiger partial charge >= 0.3 is 0 Å². The SMILES string of the molecule is CC(NCC(=O)N1CCN(C)CC1)c1ccco1. The molecule has 0 bridgehead atoms. The van der Waals surface area contributed by atoms with Gasteiger partial charge in [-0.25, -0.2) is 0 Å². The van der Waals surface area contributed by atoms with Crippen LogP contribution in [0.15, 0.2) is 22.8 Å². The van der Waals surface area contributed by atoms with Crippen LogP contribution in [0, 0.1) is 0 Å². The third-order valence-corrected chi connectivity index (χ3v) is 3.39. The molecule has 1 N–H and O–H groups in total. The lowest BCUT2D eigenvalue weighted by atomic mass is 10.2. The largest absolute Gasteiger partial charge is 0.468 e. The first-order chi connectivity index (χ1) is 8.66. The number of furan rings is 1. The van der Waals surface area contributed by atoms with E-state index in [2.05, 4.69) is 17.3 Å². The summed E-state index contributed by atoms with van der Waals surface area (Å²) < 4.78 is 5.29. The molecule has 0 saturated carbocycles. The molecule has 2 rings (SSSR count). The van der Waals surface area contributed by atoms with Crippen LogP contribution in [0.2, 0.25) is 0 Å². The normalized spacial score (nSPS) is 18.9. The predicted octanol–water partition coefficient (Wildman–Crippen LogP) is 0.704. The van der Waals surface area contributed by atoms with Crippen molar-refractivity contribution in [2.24, 2.45) is 0 Å². The maximum absolute atomic E-state index is 12.0. The standard InChI is InChI=1S/C13H21N3O2/c1-11(12-4-3-9-18-12)14-10-13(17)16-7-5-15(2)6-8-16/h3-4,9,11,14H,5-8,10H2,1-2H3. The average molecular weight is 251 g/mol. The molecule has 2 heterocycles. The van der Waals surface area contributed by atoms with E-state index in [-0.39, 0.29) is 11.9 Å². The molecular formula is C13H21N3O2. The zero-order chi connectivity index (χ0) is 13.0. The molecule has 5 heteroatoms. The van der Waals surface area contributed by atoms with Gasteiger partial charge in [0, 0.05) is 26.2 Å². The summed E-state index contributed by atoms with van der Waals surface area (Å²) in [4.78, 5) is 16.2. The number of nitrogens with zero attached hydrogens (tertiary/aromatic N) is 2. The van der Waals surface area contributed by atoms with Crippen molar-refractivity contribution in [2.75, 3.05) is 39.8 Å². The van der Waals surface area contributed by atoms with Crippen LogP contribution in [0.25, 0.3) is 0 Å². The highest BCUT2D eigenvalue weighted by Gasteiger charge is 2.19. The Morgan fingerprint density at radius 2 is 2.17 bits per heavy atom. The third-order valence-electron chi connectivity index (χ3n) is 3.39. The van der Waals surface area contributed by atoms with Crippen molar-refractivity contribution in [1.82, 2.24) is 15.1 Å². The van der Waals surface area contributed by atoms with Gasteiger partial charge in [0.15, 0.2) is 0 Å². The molecule has 0 spiro atoms. The topological polar surface area (TPSA) is 48.7 Å². The van der Waals surface area contributed by atoms with E-state index >= 15 is 0 Å². The summed E-state index contributed by atoms with van der Waals surface area (Å²) in [6.07, 6.45) is 1.65. The van der Waals surface area contributed by atoms with Gasteiger partial charge in [-0.05, 0) is 26.1 Å².